The van der Waals surface area contributed by atoms with Crippen molar-refractivity contribution in [1.82, 2.24) is 9.97 Å². The molecular formula is C19H24N4O. The summed E-state index contributed by atoms with van der Waals surface area (Å²) in [5.41, 5.74) is 8.34. The van der Waals surface area contributed by atoms with Crippen molar-refractivity contribution >= 4 is 22.6 Å². The van der Waals surface area contributed by atoms with Gasteiger partial charge in [0.2, 0.25) is 0 Å². The fourth-order valence-corrected chi connectivity index (χ4v) is 6.18. The number of nitrogens with one attached hydrogen (secondary N) is 2. The van der Waals surface area contributed by atoms with Gasteiger partial charge < -0.3 is 16.0 Å². The molecule has 5 nitrogen and oxygen atoms in total. The third kappa shape index (κ3) is 2.00. The number of nitrogens with zero attached hydrogens (tertiary/aromatic N) is 1. The van der Waals surface area contributed by atoms with Crippen molar-refractivity contribution in [3.63, 3.8) is 0 Å². The van der Waals surface area contributed by atoms with E-state index in [1.54, 1.807) is 6.20 Å². The largest absolute Gasteiger partial charge is 0.380 e. The molecule has 4 aliphatic rings. The Morgan fingerprint density at radius 2 is 2.08 bits per heavy atom. The number of aromatic amines is 1. The van der Waals surface area contributed by atoms with Crippen molar-refractivity contribution < 1.29 is 4.79 Å². The molecule has 0 radical (unpaired) electrons. The van der Waals surface area contributed by atoms with E-state index in [1.165, 1.54) is 32.1 Å². The summed E-state index contributed by atoms with van der Waals surface area (Å²) < 4.78 is 0. The molecule has 4 N–H and O–H groups in total. The molecule has 0 aromatic carbocycles. The lowest BCUT2D eigenvalue weighted by atomic mass is 9.48. The van der Waals surface area contributed by atoms with Gasteiger partial charge in [-0.2, -0.15) is 0 Å². The van der Waals surface area contributed by atoms with Gasteiger partial charge in [-0.25, -0.2) is 4.98 Å². The molecule has 2 aromatic rings. The highest BCUT2D eigenvalue weighted by molar-refractivity contribution is 6.06. The fraction of sp³-hybridized carbons (Fsp3) is 0.579. The molecule has 2 atom stereocenters. The van der Waals surface area contributed by atoms with E-state index in [9.17, 15) is 4.79 Å². The first-order valence-corrected chi connectivity index (χ1v) is 9.05. The van der Waals surface area contributed by atoms with Crippen LogP contribution < -0.4 is 11.1 Å². The fourth-order valence-electron chi connectivity index (χ4n) is 6.18. The molecule has 4 bridgehead atoms. The van der Waals surface area contributed by atoms with Crippen LogP contribution in [0.2, 0.25) is 0 Å². The maximum atomic E-state index is 11.9. The highest BCUT2D eigenvalue weighted by Crippen LogP contribution is 2.60. The van der Waals surface area contributed by atoms with E-state index in [4.69, 9.17) is 5.73 Å². The van der Waals surface area contributed by atoms with Crippen LogP contribution in [0, 0.1) is 23.2 Å². The van der Waals surface area contributed by atoms with Gasteiger partial charge in [0.15, 0.2) is 0 Å². The summed E-state index contributed by atoms with van der Waals surface area (Å²) in [6.45, 7) is 2.47. The number of carbonyl (C=O) groups is 1. The first kappa shape index (κ1) is 14.3. The predicted molar refractivity (Wildman–Crippen MR) is 93.7 cm³/mol. The average Bonchev–Trinajstić information content (AvgIpc) is 2.97. The molecule has 1 amide bonds. The van der Waals surface area contributed by atoms with Gasteiger partial charge in [0.25, 0.3) is 5.91 Å². The van der Waals surface area contributed by atoms with E-state index in [0.717, 1.165) is 22.6 Å². The molecule has 4 fully saturated rings. The molecular weight excluding hydrogens is 300 g/mol. The second-order valence-electron chi connectivity index (χ2n) is 8.60. The zero-order chi connectivity index (χ0) is 16.5. The normalized spacial score (nSPS) is 37.0. The molecule has 4 saturated carbocycles. The lowest BCUT2D eigenvalue weighted by molar-refractivity contribution is -0.0504. The van der Waals surface area contributed by atoms with E-state index in [-0.39, 0.29) is 0 Å². The van der Waals surface area contributed by atoms with Gasteiger partial charge >= 0.3 is 0 Å². The minimum atomic E-state index is -0.413. The summed E-state index contributed by atoms with van der Waals surface area (Å²) in [5.74, 6) is 1.92. The average molecular weight is 324 g/mol. The maximum absolute atomic E-state index is 11.9. The molecule has 0 saturated heterocycles. The first-order valence-electron chi connectivity index (χ1n) is 9.05. The molecule has 0 aliphatic heterocycles. The number of amides is 1. The second-order valence-corrected chi connectivity index (χ2v) is 8.60. The summed E-state index contributed by atoms with van der Waals surface area (Å²) in [4.78, 5) is 19.4. The molecule has 0 spiro atoms. The molecule has 2 heterocycles. The predicted octanol–water partition coefficient (Wildman–Crippen LogP) is 3.29. The standard InChI is InChI=1S/C19H24N4O/c1-19-6-10-4-11(7-19)15(12(5-10)8-19)23-16-13-2-3-21-18(13)22-9-14(16)17(20)24/h2-3,9-12,15H,4-8H2,1H3,(H2,20,24)(H2,21,22,23). The molecule has 2 unspecified atom stereocenters. The van der Waals surface area contributed by atoms with E-state index < -0.39 is 5.91 Å². The minimum Gasteiger partial charge on any atom is -0.380 e. The molecule has 2 aromatic heterocycles. The summed E-state index contributed by atoms with van der Waals surface area (Å²) >= 11 is 0. The van der Waals surface area contributed by atoms with Crippen LogP contribution in [0.25, 0.3) is 11.0 Å². The zero-order valence-electron chi connectivity index (χ0n) is 14.0. The van der Waals surface area contributed by atoms with Crippen LogP contribution in [-0.4, -0.2) is 21.9 Å². The van der Waals surface area contributed by atoms with Gasteiger partial charge in [-0.1, -0.05) is 6.92 Å². The second kappa shape index (κ2) is 4.74. The summed E-state index contributed by atoms with van der Waals surface area (Å²) in [6, 6.07) is 2.43. The molecule has 6 rings (SSSR count). The van der Waals surface area contributed by atoms with Gasteiger partial charge in [0.05, 0.1) is 11.3 Å². The van der Waals surface area contributed by atoms with Gasteiger partial charge in [-0.3, -0.25) is 4.79 Å². The van der Waals surface area contributed by atoms with Gasteiger partial charge in [-0.05, 0) is 61.3 Å². The Kier molecular flexibility index (Phi) is 2.83. The number of aromatic nitrogens is 2. The number of hydrogen-bond acceptors (Lipinski definition) is 3. The number of pyridine rings is 1. The number of anilines is 1. The molecule has 24 heavy (non-hydrogen) atoms. The van der Waals surface area contributed by atoms with Gasteiger partial charge in [0.1, 0.15) is 5.65 Å². The van der Waals surface area contributed by atoms with E-state index >= 15 is 0 Å². The van der Waals surface area contributed by atoms with Crippen molar-refractivity contribution in [3.05, 3.63) is 24.0 Å². The third-order valence-electron chi connectivity index (χ3n) is 6.74. The Morgan fingerprint density at radius 1 is 1.33 bits per heavy atom. The molecule has 4 aliphatic carbocycles. The molecule has 5 heteroatoms. The van der Waals surface area contributed by atoms with Gasteiger partial charge in [0, 0.05) is 23.8 Å². The Labute approximate surface area is 141 Å². The van der Waals surface area contributed by atoms with E-state index in [2.05, 4.69) is 22.2 Å². The quantitative estimate of drug-likeness (QED) is 0.810. The van der Waals surface area contributed by atoms with Crippen LogP contribution in [0.3, 0.4) is 0 Å². The Hall–Kier alpha value is -2.04. The number of carbonyl (C=O) groups excluding carboxylic acids is 1. The number of H-pyrrole nitrogens is 1. The monoisotopic (exact) mass is 324 g/mol. The lowest BCUT2D eigenvalue weighted by Gasteiger charge is -2.59. The van der Waals surface area contributed by atoms with Crippen LogP contribution in [0.4, 0.5) is 5.69 Å². The summed E-state index contributed by atoms with van der Waals surface area (Å²) in [7, 11) is 0. The van der Waals surface area contributed by atoms with Gasteiger partial charge in [-0.15, -0.1) is 0 Å². The summed E-state index contributed by atoms with van der Waals surface area (Å²) in [5, 5.41) is 4.72. The van der Waals surface area contributed by atoms with Crippen molar-refractivity contribution in [1.29, 1.82) is 0 Å². The minimum absolute atomic E-state index is 0.413. The lowest BCUT2D eigenvalue weighted by Crippen LogP contribution is -2.55. The number of primary amides is 1. The SMILES string of the molecule is CC12CC3CC(C1)C(Nc1c(C(N)=O)cnc4[nH]ccc14)C(C3)C2. The number of fused-ring (bicyclic) bond motifs is 1. The number of hydrogen-bond donors (Lipinski definition) is 3. The van der Waals surface area contributed by atoms with E-state index in [0.29, 0.717) is 28.9 Å². The smallest absolute Gasteiger partial charge is 0.252 e. The van der Waals surface area contributed by atoms with Crippen LogP contribution in [0.1, 0.15) is 49.4 Å². The van der Waals surface area contributed by atoms with Crippen LogP contribution in [0.5, 0.6) is 0 Å². The summed E-state index contributed by atoms with van der Waals surface area (Å²) in [6.07, 6.45) is 10.2. The number of nitrogens with two attached hydrogens (primary N) is 1. The zero-order valence-corrected chi connectivity index (χ0v) is 14.0. The van der Waals surface area contributed by atoms with Crippen molar-refractivity contribution in [2.75, 3.05) is 5.32 Å². The highest BCUT2D eigenvalue weighted by Gasteiger charge is 2.53. The van der Waals surface area contributed by atoms with Crippen LogP contribution in [0.15, 0.2) is 18.5 Å². The highest BCUT2D eigenvalue weighted by atomic mass is 16.1. The Balaban J connectivity index is 1.54. The topological polar surface area (TPSA) is 83.8 Å². The van der Waals surface area contributed by atoms with Crippen LogP contribution >= 0.6 is 0 Å². The van der Waals surface area contributed by atoms with Crippen molar-refractivity contribution in [2.24, 2.45) is 28.9 Å². The van der Waals surface area contributed by atoms with Crippen molar-refractivity contribution in [2.45, 2.75) is 45.1 Å². The Morgan fingerprint density at radius 3 is 2.75 bits per heavy atom. The maximum Gasteiger partial charge on any atom is 0.252 e. The third-order valence-corrected chi connectivity index (χ3v) is 6.74. The van der Waals surface area contributed by atoms with E-state index in [1.807, 2.05) is 12.3 Å². The van der Waals surface area contributed by atoms with Crippen LogP contribution in [-0.2, 0) is 0 Å². The Bertz CT molecular complexity index is 810. The molecule has 126 valence electrons. The number of rotatable bonds is 3. The van der Waals surface area contributed by atoms with Crippen molar-refractivity contribution in [3.8, 4) is 0 Å². The first-order chi connectivity index (χ1) is 11.5.